The normalized spacial score (nSPS) is 34.2. The van der Waals surface area contributed by atoms with Crippen LogP contribution in [0.15, 0.2) is 18.2 Å². The second kappa shape index (κ2) is 6.20. The molecular formula is C15H22O5. The van der Waals surface area contributed by atoms with Crippen LogP contribution in [0, 0.1) is 13.8 Å². The number of aliphatic hydroxyl groups is 4. The van der Waals surface area contributed by atoms with Gasteiger partial charge in [0.2, 0.25) is 0 Å². The van der Waals surface area contributed by atoms with Crippen molar-refractivity contribution >= 4 is 0 Å². The van der Waals surface area contributed by atoms with Crippen LogP contribution in [0.25, 0.3) is 0 Å². The van der Waals surface area contributed by atoms with Gasteiger partial charge in [-0.25, -0.2) is 0 Å². The molecular weight excluding hydrogens is 260 g/mol. The molecule has 0 aliphatic carbocycles. The van der Waals surface area contributed by atoms with Crippen molar-refractivity contribution in [2.75, 3.05) is 6.61 Å². The standard InChI is InChI=1S/C15H22O5/c1-8-3-9(2)5-10(4-8)6-11-13(17)15(19)14(18)12(7-16)20-11/h3-5,11-19H,6-7H2,1-2H3. The molecule has 1 saturated heterocycles. The van der Waals surface area contributed by atoms with Gasteiger partial charge >= 0.3 is 0 Å². The molecule has 1 aliphatic heterocycles. The summed E-state index contributed by atoms with van der Waals surface area (Å²) in [5.74, 6) is 0. The third-order valence-electron chi connectivity index (χ3n) is 3.71. The Bertz CT molecular complexity index is 439. The highest BCUT2D eigenvalue weighted by Gasteiger charge is 2.43. The minimum absolute atomic E-state index is 0.395. The molecule has 1 aliphatic rings. The Morgan fingerprint density at radius 3 is 2.00 bits per heavy atom. The van der Waals surface area contributed by atoms with E-state index in [0.717, 1.165) is 16.7 Å². The van der Waals surface area contributed by atoms with Crippen molar-refractivity contribution in [2.45, 2.75) is 50.8 Å². The first-order chi connectivity index (χ1) is 9.42. The Balaban J connectivity index is 2.15. The maximum Gasteiger partial charge on any atom is 0.111 e. The molecule has 0 amide bonds. The van der Waals surface area contributed by atoms with Crippen LogP contribution in [0.1, 0.15) is 16.7 Å². The molecule has 112 valence electrons. The first-order valence-corrected chi connectivity index (χ1v) is 6.80. The molecule has 1 heterocycles. The van der Waals surface area contributed by atoms with Gasteiger partial charge in [-0.3, -0.25) is 0 Å². The van der Waals surface area contributed by atoms with E-state index in [1.54, 1.807) is 0 Å². The second-order valence-electron chi connectivity index (χ2n) is 5.57. The van der Waals surface area contributed by atoms with Crippen molar-refractivity contribution in [1.29, 1.82) is 0 Å². The Morgan fingerprint density at radius 1 is 0.900 bits per heavy atom. The lowest BCUT2D eigenvalue weighted by Crippen LogP contribution is -2.59. The smallest absolute Gasteiger partial charge is 0.111 e. The topological polar surface area (TPSA) is 90.2 Å². The monoisotopic (exact) mass is 282 g/mol. The fraction of sp³-hybridized carbons (Fsp3) is 0.600. The molecule has 0 aromatic heterocycles. The van der Waals surface area contributed by atoms with Crippen molar-refractivity contribution in [3.8, 4) is 0 Å². The molecule has 0 spiro atoms. The maximum absolute atomic E-state index is 10.0. The molecule has 4 N–H and O–H groups in total. The molecule has 5 nitrogen and oxygen atoms in total. The largest absolute Gasteiger partial charge is 0.394 e. The van der Waals surface area contributed by atoms with Gasteiger partial charge in [-0.2, -0.15) is 0 Å². The van der Waals surface area contributed by atoms with E-state index in [9.17, 15) is 15.3 Å². The quantitative estimate of drug-likeness (QED) is 0.610. The second-order valence-corrected chi connectivity index (χ2v) is 5.57. The van der Waals surface area contributed by atoms with Crippen LogP contribution in [0.3, 0.4) is 0 Å². The van der Waals surface area contributed by atoms with Crippen LogP contribution >= 0.6 is 0 Å². The highest BCUT2D eigenvalue weighted by atomic mass is 16.5. The minimum atomic E-state index is -1.31. The number of benzene rings is 1. The number of aliphatic hydroxyl groups excluding tert-OH is 4. The number of aryl methyl sites for hydroxylation is 2. The van der Waals surface area contributed by atoms with Crippen LogP contribution in [0.5, 0.6) is 0 Å². The number of hydrogen-bond acceptors (Lipinski definition) is 5. The summed E-state index contributed by atoms with van der Waals surface area (Å²) in [6.07, 6.45) is -4.85. The average Bonchev–Trinajstić information content (AvgIpc) is 2.38. The molecule has 0 bridgehead atoms. The van der Waals surface area contributed by atoms with E-state index in [1.165, 1.54) is 0 Å². The minimum Gasteiger partial charge on any atom is -0.394 e. The fourth-order valence-corrected chi connectivity index (χ4v) is 2.77. The first-order valence-electron chi connectivity index (χ1n) is 6.80. The van der Waals surface area contributed by atoms with Gasteiger partial charge in [-0.05, 0) is 19.4 Å². The van der Waals surface area contributed by atoms with Crippen molar-refractivity contribution < 1.29 is 25.2 Å². The predicted octanol–water partition coefficient (Wildman–Crippen LogP) is -0.312. The van der Waals surface area contributed by atoms with Gasteiger partial charge in [0.15, 0.2) is 0 Å². The van der Waals surface area contributed by atoms with Gasteiger partial charge < -0.3 is 25.2 Å². The molecule has 2 rings (SSSR count). The summed E-state index contributed by atoms with van der Waals surface area (Å²) < 4.78 is 5.50. The van der Waals surface area contributed by atoms with Gasteiger partial charge in [0, 0.05) is 6.42 Å². The number of hydrogen-bond donors (Lipinski definition) is 4. The van der Waals surface area contributed by atoms with Crippen molar-refractivity contribution in [1.82, 2.24) is 0 Å². The Morgan fingerprint density at radius 2 is 1.45 bits per heavy atom. The van der Waals surface area contributed by atoms with Crippen LogP contribution in [-0.4, -0.2) is 57.6 Å². The van der Waals surface area contributed by atoms with Gasteiger partial charge in [0.05, 0.1) is 12.7 Å². The SMILES string of the molecule is Cc1cc(C)cc(CC2OC(CO)C(O)C(O)C2O)c1. The molecule has 1 aromatic rings. The lowest BCUT2D eigenvalue weighted by Gasteiger charge is -2.40. The molecule has 20 heavy (non-hydrogen) atoms. The molecule has 5 heteroatoms. The summed E-state index contributed by atoms with van der Waals surface area (Å²) in [7, 11) is 0. The van der Waals surface area contributed by atoms with E-state index < -0.39 is 37.1 Å². The van der Waals surface area contributed by atoms with E-state index in [0.29, 0.717) is 6.42 Å². The fourth-order valence-electron chi connectivity index (χ4n) is 2.77. The number of ether oxygens (including phenoxy) is 1. The Labute approximate surface area is 118 Å². The molecule has 0 saturated carbocycles. The highest BCUT2D eigenvalue weighted by Crippen LogP contribution is 2.24. The van der Waals surface area contributed by atoms with E-state index in [2.05, 4.69) is 6.07 Å². The third kappa shape index (κ3) is 3.19. The highest BCUT2D eigenvalue weighted by molar-refractivity contribution is 5.29. The summed E-state index contributed by atoms with van der Waals surface area (Å²) in [4.78, 5) is 0. The first kappa shape index (κ1) is 15.4. The van der Waals surface area contributed by atoms with E-state index in [-0.39, 0.29) is 0 Å². The van der Waals surface area contributed by atoms with Gasteiger partial charge in [0.1, 0.15) is 24.4 Å². The molecule has 1 fully saturated rings. The zero-order chi connectivity index (χ0) is 14.9. The maximum atomic E-state index is 10.0. The van der Waals surface area contributed by atoms with Crippen LogP contribution in [0.2, 0.25) is 0 Å². The number of rotatable bonds is 3. The molecule has 0 radical (unpaired) electrons. The van der Waals surface area contributed by atoms with E-state index in [4.69, 9.17) is 9.84 Å². The lowest BCUT2D eigenvalue weighted by atomic mass is 9.91. The summed E-state index contributed by atoms with van der Waals surface area (Å²) >= 11 is 0. The molecule has 5 unspecified atom stereocenters. The summed E-state index contributed by atoms with van der Waals surface area (Å²) in [6.45, 7) is 3.59. The molecule has 5 atom stereocenters. The summed E-state index contributed by atoms with van der Waals surface area (Å²) in [6, 6.07) is 6.04. The van der Waals surface area contributed by atoms with Crippen LogP contribution < -0.4 is 0 Å². The van der Waals surface area contributed by atoms with Crippen molar-refractivity contribution in [2.24, 2.45) is 0 Å². The molecule has 1 aromatic carbocycles. The van der Waals surface area contributed by atoms with Crippen molar-refractivity contribution in [3.63, 3.8) is 0 Å². The van der Waals surface area contributed by atoms with Crippen LogP contribution in [0.4, 0.5) is 0 Å². The zero-order valence-corrected chi connectivity index (χ0v) is 11.7. The summed E-state index contributed by atoms with van der Waals surface area (Å²) in [5, 5.41) is 38.7. The third-order valence-corrected chi connectivity index (χ3v) is 3.71. The van der Waals surface area contributed by atoms with Gasteiger partial charge in [-0.15, -0.1) is 0 Å². The van der Waals surface area contributed by atoms with Crippen LogP contribution in [-0.2, 0) is 11.2 Å². The predicted molar refractivity (Wildman–Crippen MR) is 73.4 cm³/mol. The summed E-state index contributed by atoms with van der Waals surface area (Å²) in [5.41, 5.74) is 3.22. The van der Waals surface area contributed by atoms with Gasteiger partial charge in [0.25, 0.3) is 0 Å². The van der Waals surface area contributed by atoms with E-state index >= 15 is 0 Å². The Hall–Kier alpha value is -0.980. The lowest BCUT2D eigenvalue weighted by molar-refractivity contribution is -0.228. The average molecular weight is 282 g/mol. The van der Waals surface area contributed by atoms with E-state index in [1.807, 2.05) is 26.0 Å². The zero-order valence-electron chi connectivity index (χ0n) is 11.7. The van der Waals surface area contributed by atoms with Crippen molar-refractivity contribution in [3.05, 3.63) is 34.9 Å². The van der Waals surface area contributed by atoms with Gasteiger partial charge in [-0.1, -0.05) is 29.3 Å². The Kier molecular flexibility index (Phi) is 4.78.